The lowest BCUT2D eigenvalue weighted by molar-refractivity contribution is -0.335. The van der Waals surface area contributed by atoms with Gasteiger partial charge in [-0.3, -0.25) is 0 Å². The third-order valence-electron chi connectivity index (χ3n) is 6.10. The summed E-state index contributed by atoms with van der Waals surface area (Å²) in [5.41, 5.74) is 3.07. The Morgan fingerprint density at radius 1 is 1.12 bits per heavy atom. The van der Waals surface area contributed by atoms with Crippen LogP contribution in [0.1, 0.15) is 11.1 Å². The van der Waals surface area contributed by atoms with Crippen LogP contribution in [0.25, 0.3) is 0 Å². The molecule has 3 aliphatic heterocycles. The number of benzene rings is 1. The minimum absolute atomic E-state index is 0.0786. The van der Waals surface area contributed by atoms with E-state index in [0.717, 1.165) is 11.1 Å². The van der Waals surface area contributed by atoms with E-state index < -0.39 is 48.9 Å². The molecule has 0 aliphatic carbocycles. The Morgan fingerprint density at radius 2 is 1.91 bits per heavy atom. The maximum absolute atomic E-state index is 12.0. The second kappa shape index (κ2) is 9.66. The van der Waals surface area contributed by atoms with Crippen molar-refractivity contribution in [3.63, 3.8) is 0 Å². The first-order valence-electron chi connectivity index (χ1n) is 10.7. The first kappa shape index (κ1) is 23.5. The van der Waals surface area contributed by atoms with Gasteiger partial charge >= 0.3 is 5.97 Å². The van der Waals surface area contributed by atoms with Gasteiger partial charge in [-0.05, 0) is 48.8 Å². The fourth-order valence-corrected chi connectivity index (χ4v) is 3.95. The Balaban J connectivity index is 1.46. The van der Waals surface area contributed by atoms with Crippen LogP contribution in [0.2, 0.25) is 0 Å². The SMILES string of the molecule is C=C[C@@H]1C2=CCOC(=O)C2=CO[C@H]1O[C@@H]1O[C@H](COc2ccc(C)c(C)c2)[C@@H](O)[C@H](O)[C@H]1O. The number of carbonyl (C=O) groups is 1. The summed E-state index contributed by atoms with van der Waals surface area (Å²) in [5.74, 6) is -0.458. The summed E-state index contributed by atoms with van der Waals surface area (Å²) in [6.07, 6.45) is -3.22. The maximum Gasteiger partial charge on any atom is 0.341 e. The van der Waals surface area contributed by atoms with Crippen LogP contribution in [-0.4, -0.2) is 71.5 Å². The molecular weight excluding hydrogens is 432 g/mol. The predicted molar refractivity (Wildman–Crippen MR) is 115 cm³/mol. The predicted octanol–water partition coefficient (Wildman–Crippen LogP) is 1.03. The standard InChI is InChI=1S/C24H28O9/c1-4-15-16-7-8-29-22(28)17(16)10-31-23(15)33-24-21(27)20(26)19(25)18(32-24)11-30-14-6-5-12(2)13(3)9-14/h4-7,9-10,15,18-21,23-27H,1,8,11H2,2-3H3/t15-,18-,19-,20+,21-,23+,24+/m1/s1. The van der Waals surface area contributed by atoms with Gasteiger partial charge in [-0.25, -0.2) is 4.79 Å². The molecular formula is C24H28O9. The van der Waals surface area contributed by atoms with E-state index in [0.29, 0.717) is 11.3 Å². The van der Waals surface area contributed by atoms with E-state index in [1.54, 1.807) is 18.2 Å². The Labute approximate surface area is 191 Å². The minimum atomic E-state index is -1.54. The number of aryl methyl sites for hydroxylation is 2. The first-order valence-corrected chi connectivity index (χ1v) is 10.7. The molecule has 0 amide bonds. The number of hydrogen-bond donors (Lipinski definition) is 3. The number of rotatable bonds is 6. The normalized spacial score (nSPS) is 33.7. The smallest absolute Gasteiger partial charge is 0.341 e. The van der Waals surface area contributed by atoms with Crippen molar-refractivity contribution in [2.24, 2.45) is 5.92 Å². The van der Waals surface area contributed by atoms with Crippen LogP contribution in [0.5, 0.6) is 5.75 Å². The van der Waals surface area contributed by atoms with E-state index in [4.69, 9.17) is 23.7 Å². The number of hydrogen-bond acceptors (Lipinski definition) is 9. The molecule has 9 nitrogen and oxygen atoms in total. The highest BCUT2D eigenvalue weighted by Crippen LogP contribution is 2.36. The summed E-state index contributed by atoms with van der Waals surface area (Å²) in [6.45, 7) is 7.77. The van der Waals surface area contributed by atoms with Crippen molar-refractivity contribution in [3.8, 4) is 5.75 Å². The van der Waals surface area contributed by atoms with Gasteiger partial charge in [-0.15, -0.1) is 6.58 Å². The number of cyclic esters (lactones) is 1. The van der Waals surface area contributed by atoms with Gasteiger partial charge < -0.3 is 39.0 Å². The molecule has 0 saturated carbocycles. The highest BCUT2D eigenvalue weighted by atomic mass is 16.8. The van der Waals surface area contributed by atoms with Crippen molar-refractivity contribution in [3.05, 3.63) is 65.5 Å². The van der Waals surface area contributed by atoms with E-state index in [2.05, 4.69) is 6.58 Å². The van der Waals surface area contributed by atoms with Gasteiger partial charge in [-0.1, -0.05) is 12.1 Å². The van der Waals surface area contributed by atoms with Gasteiger partial charge in [0, 0.05) is 0 Å². The molecule has 0 spiro atoms. The lowest BCUT2D eigenvalue weighted by atomic mass is 9.89. The van der Waals surface area contributed by atoms with Gasteiger partial charge in [-0.2, -0.15) is 0 Å². The molecule has 33 heavy (non-hydrogen) atoms. The van der Waals surface area contributed by atoms with Gasteiger partial charge in [0.1, 0.15) is 49.6 Å². The lowest BCUT2D eigenvalue weighted by Crippen LogP contribution is -2.60. The molecule has 3 aliphatic rings. The van der Waals surface area contributed by atoms with Gasteiger partial charge in [0.2, 0.25) is 6.29 Å². The van der Waals surface area contributed by atoms with Crippen LogP contribution >= 0.6 is 0 Å². The summed E-state index contributed by atoms with van der Waals surface area (Å²) < 4.78 is 27.9. The Kier molecular flexibility index (Phi) is 6.87. The third-order valence-corrected chi connectivity index (χ3v) is 6.10. The number of aliphatic hydroxyl groups is 3. The Morgan fingerprint density at radius 3 is 2.64 bits per heavy atom. The van der Waals surface area contributed by atoms with Gasteiger partial charge in [0.05, 0.1) is 11.5 Å². The zero-order valence-electron chi connectivity index (χ0n) is 18.4. The molecule has 7 atom stereocenters. The number of fused-ring (bicyclic) bond motifs is 1. The Bertz CT molecular complexity index is 969. The van der Waals surface area contributed by atoms with Crippen molar-refractivity contribution >= 4 is 5.97 Å². The minimum Gasteiger partial charge on any atom is -0.491 e. The molecule has 1 aromatic carbocycles. The molecule has 0 aromatic heterocycles. The number of ether oxygens (including phenoxy) is 5. The van der Waals surface area contributed by atoms with Crippen molar-refractivity contribution in [2.75, 3.05) is 13.2 Å². The topological polar surface area (TPSA) is 124 Å². The molecule has 0 bridgehead atoms. The van der Waals surface area contributed by atoms with Gasteiger partial charge in [0.25, 0.3) is 0 Å². The van der Waals surface area contributed by atoms with E-state index in [9.17, 15) is 20.1 Å². The highest BCUT2D eigenvalue weighted by molar-refractivity contribution is 5.94. The second-order valence-corrected chi connectivity index (χ2v) is 8.26. The second-order valence-electron chi connectivity index (χ2n) is 8.26. The van der Waals surface area contributed by atoms with Crippen LogP contribution in [0.15, 0.2) is 54.3 Å². The number of aliphatic hydroxyl groups excluding tert-OH is 3. The molecule has 1 aromatic rings. The fraction of sp³-hybridized carbons (Fsp3) is 0.458. The van der Waals surface area contributed by atoms with Crippen LogP contribution in [-0.2, 0) is 23.7 Å². The van der Waals surface area contributed by atoms with E-state index in [1.807, 2.05) is 26.0 Å². The van der Waals surface area contributed by atoms with Crippen LogP contribution in [0.4, 0.5) is 0 Å². The molecule has 4 rings (SSSR count). The number of esters is 1. The molecule has 0 unspecified atom stereocenters. The molecule has 1 saturated heterocycles. The van der Waals surface area contributed by atoms with Gasteiger partial charge in [0.15, 0.2) is 6.29 Å². The maximum atomic E-state index is 12.0. The van der Waals surface area contributed by atoms with E-state index in [-0.39, 0.29) is 18.8 Å². The van der Waals surface area contributed by atoms with Crippen LogP contribution < -0.4 is 4.74 Å². The zero-order chi connectivity index (χ0) is 23.7. The third kappa shape index (κ3) is 4.68. The van der Waals surface area contributed by atoms with Crippen LogP contribution in [0.3, 0.4) is 0 Å². The first-order chi connectivity index (χ1) is 15.8. The lowest BCUT2D eigenvalue weighted by Gasteiger charge is -2.42. The quantitative estimate of drug-likeness (QED) is 0.422. The number of carbonyl (C=O) groups excluding carboxylic acids is 1. The summed E-state index contributed by atoms with van der Waals surface area (Å²) in [7, 11) is 0. The summed E-state index contributed by atoms with van der Waals surface area (Å²) in [4.78, 5) is 12.0. The van der Waals surface area contributed by atoms with Crippen molar-refractivity contribution in [1.82, 2.24) is 0 Å². The fourth-order valence-electron chi connectivity index (χ4n) is 3.95. The summed E-state index contributed by atoms with van der Waals surface area (Å²) in [6, 6.07) is 5.58. The highest BCUT2D eigenvalue weighted by Gasteiger charge is 2.47. The van der Waals surface area contributed by atoms with Crippen molar-refractivity contribution < 1.29 is 43.8 Å². The van der Waals surface area contributed by atoms with Crippen LogP contribution in [0, 0.1) is 19.8 Å². The molecule has 3 N–H and O–H groups in total. The average molecular weight is 460 g/mol. The molecule has 1 fully saturated rings. The average Bonchev–Trinajstić information content (AvgIpc) is 2.80. The summed E-state index contributed by atoms with van der Waals surface area (Å²) in [5, 5.41) is 31.2. The monoisotopic (exact) mass is 460 g/mol. The molecule has 9 heteroatoms. The molecule has 0 radical (unpaired) electrons. The van der Waals surface area contributed by atoms with E-state index >= 15 is 0 Å². The molecule has 178 valence electrons. The van der Waals surface area contributed by atoms with Crippen molar-refractivity contribution in [1.29, 1.82) is 0 Å². The van der Waals surface area contributed by atoms with Crippen molar-refractivity contribution in [2.45, 2.75) is 50.8 Å². The summed E-state index contributed by atoms with van der Waals surface area (Å²) >= 11 is 0. The Hall–Kier alpha value is -2.69. The zero-order valence-corrected chi connectivity index (χ0v) is 18.4. The molecule has 3 heterocycles. The van der Waals surface area contributed by atoms with E-state index in [1.165, 1.54) is 6.26 Å². The largest absolute Gasteiger partial charge is 0.491 e.